The number of esters is 1. The number of pyridine rings is 1. The fraction of sp³-hybridized carbons (Fsp3) is 0.167. The van der Waals surface area contributed by atoms with Gasteiger partial charge in [0, 0.05) is 5.39 Å². The van der Waals surface area contributed by atoms with E-state index in [1.165, 1.54) is 0 Å². The van der Waals surface area contributed by atoms with Crippen molar-refractivity contribution in [2.24, 2.45) is 0 Å². The molecule has 0 saturated heterocycles. The van der Waals surface area contributed by atoms with E-state index in [0.717, 1.165) is 10.9 Å². The van der Waals surface area contributed by atoms with Crippen molar-refractivity contribution >= 4 is 22.4 Å². The van der Waals surface area contributed by atoms with Crippen LogP contribution in [0.2, 0.25) is 0 Å². The third-order valence-electron chi connectivity index (χ3n) is 3.56. The number of hydrogen-bond donors (Lipinski definition) is 0. The quantitative estimate of drug-likeness (QED) is 0.533. The molecule has 6 nitrogen and oxygen atoms in total. The van der Waals surface area contributed by atoms with Crippen molar-refractivity contribution in [3.8, 4) is 17.9 Å². The van der Waals surface area contributed by atoms with E-state index in [1.807, 2.05) is 40.8 Å². The predicted molar refractivity (Wildman–Crippen MR) is 86.5 cm³/mol. The summed E-state index contributed by atoms with van der Waals surface area (Å²) in [6, 6.07) is 14.8. The molecule has 6 heteroatoms. The summed E-state index contributed by atoms with van der Waals surface area (Å²) in [5, 5.41) is 18.0. The van der Waals surface area contributed by atoms with Gasteiger partial charge in [-0.05, 0) is 18.2 Å². The highest BCUT2D eigenvalue weighted by Crippen LogP contribution is 2.29. The van der Waals surface area contributed by atoms with Gasteiger partial charge in [0.05, 0.1) is 35.3 Å². The number of rotatable bonds is 5. The largest absolute Gasteiger partial charge is 0.477 e. The lowest BCUT2D eigenvalue weighted by atomic mass is 10.1. The average molecular weight is 319 g/mol. The molecule has 2 heterocycles. The Bertz CT molecular complexity index is 992. The first-order valence-electron chi connectivity index (χ1n) is 7.33. The fourth-order valence-electron chi connectivity index (χ4n) is 2.59. The molecule has 0 fully saturated rings. The van der Waals surface area contributed by atoms with Crippen LogP contribution in [-0.2, 0) is 4.74 Å². The molecule has 0 aliphatic carbocycles. The van der Waals surface area contributed by atoms with E-state index in [4.69, 9.17) is 20.0 Å². The molecule has 24 heavy (non-hydrogen) atoms. The first-order chi connectivity index (χ1) is 11.8. The fourth-order valence-corrected chi connectivity index (χ4v) is 2.59. The van der Waals surface area contributed by atoms with Crippen LogP contribution in [0.25, 0.3) is 16.4 Å². The summed E-state index contributed by atoms with van der Waals surface area (Å²) in [4.78, 5) is 12.4. The Balaban J connectivity index is 2.11. The van der Waals surface area contributed by atoms with Crippen molar-refractivity contribution < 1.29 is 14.3 Å². The maximum atomic E-state index is 12.4. The number of nitriles is 2. The average Bonchev–Trinajstić information content (AvgIpc) is 2.94. The standard InChI is InChI=1S/C18H13N3O3/c19-8-3-10-24-18(22)17-14-4-1-2-5-15(14)21-12-13(23-11-9-20)6-7-16(17)21/h1-2,4-7,12H,3,10-11H2. The lowest BCUT2D eigenvalue weighted by Crippen LogP contribution is -2.06. The lowest BCUT2D eigenvalue weighted by molar-refractivity contribution is 0.0518. The second-order valence-electron chi connectivity index (χ2n) is 5.00. The Morgan fingerprint density at radius 1 is 1.08 bits per heavy atom. The highest BCUT2D eigenvalue weighted by molar-refractivity contribution is 6.11. The van der Waals surface area contributed by atoms with E-state index in [-0.39, 0.29) is 19.6 Å². The molecule has 3 aromatic rings. The van der Waals surface area contributed by atoms with E-state index in [9.17, 15) is 4.79 Å². The molecule has 0 aliphatic rings. The van der Waals surface area contributed by atoms with Gasteiger partial charge in [0.2, 0.25) is 0 Å². The summed E-state index contributed by atoms with van der Waals surface area (Å²) >= 11 is 0. The van der Waals surface area contributed by atoms with E-state index in [0.29, 0.717) is 16.8 Å². The first-order valence-corrected chi connectivity index (χ1v) is 7.33. The molecule has 0 atom stereocenters. The zero-order chi connectivity index (χ0) is 16.9. The summed E-state index contributed by atoms with van der Waals surface area (Å²) in [5.74, 6) is 0.0730. The molecule has 0 bridgehead atoms. The number of carbonyl (C=O) groups excluding carboxylic acids is 1. The van der Waals surface area contributed by atoms with Crippen LogP contribution in [0, 0.1) is 22.7 Å². The molecule has 0 saturated carbocycles. The van der Waals surface area contributed by atoms with Crippen LogP contribution in [0.5, 0.6) is 5.75 Å². The summed E-state index contributed by atoms with van der Waals surface area (Å²) in [5.41, 5.74) is 1.97. The topological polar surface area (TPSA) is 87.5 Å². The van der Waals surface area contributed by atoms with Crippen molar-refractivity contribution in [2.45, 2.75) is 6.42 Å². The highest BCUT2D eigenvalue weighted by atomic mass is 16.5. The van der Waals surface area contributed by atoms with Gasteiger partial charge in [-0.1, -0.05) is 18.2 Å². The first kappa shape index (κ1) is 15.4. The molecule has 0 unspecified atom stereocenters. The van der Waals surface area contributed by atoms with Gasteiger partial charge >= 0.3 is 5.97 Å². The van der Waals surface area contributed by atoms with Crippen LogP contribution in [0.3, 0.4) is 0 Å². The van der Waals surface area contributed by atoms with Gasteiger partial charge < -0.3 is 13.9 Å². The summed E-state index contributed by atoms with van der Waals surface area (Å²) < 4.78 is 12.4. The van der Waals surface area contributed by atoms with Crippen molar-refractivity contribution in [3.05, 3.63) is 48.2 Å². The van der Waals surface area contributed by atoms with Gasteiger partial charge in [0.25, 0.3) is 0 Å². The number of ether oxygens (including phenoxy) is 2. The maximum absolute atomic E-state index is 12.4. The molecule has 0 N–H and O–H groups in total. The smallest absolute Gasteiger partial charge is 0.341 e. The van der Waals surface area contributed by atoms with Crippen molar-refractivity contribution in [1.29, 1.82) is 10.5 Å². The Morgan fingerprint density at radius 2 is 1.92 bits per heavy atom. The second-order valence-corrected chi connectivity index (χ2v) is 5.00. The van der Waals surface area contributed by atoms with Gasteiger partial charge in [-0.2, -0.15) is 10.5 Å². The summed E-state index contributed by atoms with van der Waals surface area (Å²) in [7, 11) is 0. The molecular weight excluding hydrogens is 306 g/mol. The molecule has 1 aromatic carbocycles. The molecule has 3 rings (SSSR count). The maximum Gasteiger partial charge on any atom is 0.341 e. The van der Waals surface area contributed by atoms with Crippen molar-refractivity contribution in [2.75, 3.05) is 13.2 Å². The van der Waals surface area contributed by atoms with Crippen LogP contribution in [0.1, 0.15) is 16.8 Å². The Labute approximate surface area is 138 Å². The van der Waals surface area contributed by atoms with Gasteiger partial charge in [0.15, 0.2) is 6.61 Å². The van der Waals surface area contributed by atoms with E-state index in [2.05, 4.69) is 0 Å². The van der Waals surface area contributed by atoms with Gasteiger partial charge in [-0.25, -0.2) is 4.79 Å². The third-order valence-corrected chi connectivity index (χ3v) is 3.56. The zero-order valence-corrected chi connectivity index (χ0v) is 12.7. The van der Waals surface area contributed by atoms with Crippen LogP contribution in [0.15, 0.2) is 42.6 Å². The Kier molecular flexibility index (Phi) is 4.31. The minimum absolute atomic E-state index is 0.0479. The minimum Gasteiger partial charge on any atom is -0.477 e. The molecule has 0 radical (unpaired) electrons. The second kappa shape index (κ2) is 6.72. The summed E-state index contributed by atoms with van der Waals surface area (Å²) in [6.45, 7) is 0.0120. The van der Waals surface area contributed by atoms with Gasteiger partial charge in [-0.3, -0.25) is 0 Å². The number of para-hydroxylation sites is 1. The molecule has 2 aromatic heterocycles. The third kappa shape index (κ3) is 2.73. The number of nitrogens with zero attached hydrogens (tertiary/aromatic N) is 3. The van der Waals surface area contributed by atoms with E-state index >= 15 is 0 Å². The van der Waals surface area contributed by atoms with Crippen molar-refractivity contribution in [3.63, 3.8) is 0 Å². The molecule has 0 amide bonds. The SMILES string of the molecule is N#CCCOC(=O)c1c2ccccc2n2cc(OCC#N)ccc12. The number of aromatic nitrogens is 1. The molecule has 0 aliphatic heterocycles. The Morgan fingerprint density at radius 3 is 2.71 bits per heavy atom. The number of benzene rings is 1. The van der Waals surface area contributed by atoms with Gasteiger partial charge in [0.1, 0.15) is 18.4 Å². The number of hydrogen-bond acceptors (Lipinski definition) is 5. The van der Waals surface area contributed by atoms with Crippen LogP contribution in [0.4, 0.5) is 0 Å². The van der Waals surface area contributed by atoms with Gasteiger partial charge in [-0.15, -0.1) is 0 Å². The molecular formula is C18H13N3O3. The number of carbonyl (C=O) groups is 1. The Hall–Kier alpha value is -3.51. The van der Waals surface area contributed by atoms with Crippen LogP contribution in [-0.4, -0.2) is 23.6 Å². The minimum atomic E-state index is -0.463. The van der Waals surface area contributed by atoms with Crippen molar-refractivity contribution in [1.82, 2.24) is 4.40 Å². The van der Waals surface area contributed by atoms with Crippen LogP contribution < -0.4 is 4.74 Å². The molecule has 0 spiro atoms. The monoisotopic (exact) mass is 319 g/mol. The predicted octanol–water partition coefficient (Wildman–Crippen LogP) is 3.07. The summed E-state index contributed by atoms with van der Waals surface area (Å²) in [6.07, 6.45) is 1.89. The molecule has 118 valence electrons. The zero-order valence-electron chi connectivity index (χ0n) is 12.7. The lowest BCUT2D eigenvalue weighted by Gasteiger charge is -2.05. The number of fused-ring (bicyclic) bond motifs is 3. The highest BCUT2D eigenvalue weighted by Gasteiger charge is 2.19. The van der Waals surface area contributed by atoms with E-state index < -0.39 is 5.97 Å². The van der Waals surface area contributed by atoms with E-state index in [1.54, 1.807) is 18.3 Å². The normalized spacial score (nSPS) is 10.2. The van der Waals surface area contributed by atoms with Crippen LogP contribution >= 0.6 is 0 Å².